The molecule has 1 unspecified atom stereocenters. The number of aryl methyl sites for hydroxylation is 1. The molecular formula is C14H18FNO. The first-order valence-electron chi connectivity index (χ1n) is 6.14. The van der Waals surface area contributed by atoms with Gasteiger partial charge in [-0.2, -0.15) is 0 Å². The summed E-state index contributed by atoms with van der Waals surface area (Å²) in [5.41, 5.74) is 0.802. The van der Waals surface area contributed by atoms with Crippen molar-refractivity contribution in [3.63, 3.8) is 0 Å². The molecule has 1 fully saturated rings. The SMILES string of the molecule is CCC1(C(=O)c2cc(C)cc(F)c2)CCCN1. The van der Waals surface area contributed by atoms with Gasteiger partial charge >= 0.3 is 0 Å². The molecule has 0 aliphatic carbocycles. The number of nitrogens with one attached hydrogen (secondary N) is 1. The molecule has 1 aliphatic heterocycles. The van der Waals surface area contributed by atoms with Crippen LogP contribution in [0.2, 0.25) is 0 Å². The second-order valence-corrected chi connectivity index (χ2v) is 4.81. The van der Waals surface area contributed by atoms with Gasteiger partial charge in [0, 0.05) is 5.56 Å². The fourth-order valence-corrected chi connectivity index (χ4v) is 2.61. The topological polar surface area (TPSA) is 29.1 Å². The molecular weight excluding hydrogens is 217 g/mol. The molecule has 1 atom stereocenters. The molecule has 17 heavy (non-hydrogen) atoms. The van der Waals surface area contributed by atoms with Gasteiger partial charge in [0.1, 0.15) is 5.82 Å². The Morgan fingerprint density at radius 2 is 2.24 bits per heavy atom. The Morgan fingerprint density at radius 3 is 2.76 bits per heavy atom. The first-order chi connectivity index (χ1) is 8.07. The van der Waals surface area contributed by atoms with Crippen molar-refractivity contribution >= 4 is 5.78 Å². The minimum Gasteiger partial charge on any atom is -0.305 e. The molecule has 0 bridgehead atoms. The van der Waals surface area contributed by atoms with Crippen molar-refractivity contribution < 1.29 is 9.18 Å². The summed E-state index contributed by atoms with van der Waals surface area (Å²) in [6, 6.07) is 4.55. The monoisotopic (exact) mass is 235 g/mol. The van der Waals surface area contributed by atoms with Crippen LogP contribution in [0.25, 0.3) is 0 Å². The summed E-state index contributed by atoms with van der Waals surface area (Å²) in [5.74, 6) is -0.308. The molecule has 0 amide bonds. The van der Waals surface area contributed by atoms with Crippen LogP contribution in [0.1, 0.15) is 42.1 Å². The molecule has 1 aliphatic rings. The average molecular weight is 235 g/mol. The van der Waals surface area contributed by atoms with Gasteiger partial charge in [-0.05, 0) is 56.5 Å². The Bertz CT molecular complexity index is 416. The minimum absolute atomic E-state index is 0.0279. The van der Waals surface area contributed by atoms with E-state index in [2.05, 4.69) is 5.32 Å². The molecule has 3 heteroatoms. The van der Waals surface area contributed by atoms with Crippen molar-refractivity contribution in [2.75, 3.05) is 6.54 Å². The zero-order chi connectivity index (χ0) is 12.5. The molecule has 92 valence electrons. The van der Waals surface area contributed by atoms with Crippen LogP contribution in [-0.2, 0) is 0 Å². The molecule has 0 radical (unpaired) electrons. The lowest BCUT2D eigenvalue weighted by Gasteiger charge is -2.26. The van der Waals surface area contributed by atoms with E-state index in [-0.39, 0.29) is 11.6 Å². The summed E-state index contributed by atoms with van der Waals surface area (Å²) in [5, 5.41) is 3.28. The van der Waals surface area contributed by atoms with Gasteiger partial charge in [0.25, 0.3) is 0 Å². The number of ketones is 1. The summed E-state index contributed by atoms with van der Waals surface area (Å²) < 4.78 is 13.3. The van der Waals surface area contributed by atoms with Crippen LogP contribution in [0, 0.1) is 12.7 Å². The van der Waals surface area contributed by atoms with Crippen LogP contribution >= 0.6 is 0 Å². The third-order valence-electron chi connectivity index (χ3n) is 3.59. The van der Waals surface area contributed by atoms with E-state index in [0.717, 1.165) is 31.4 Å². The lowest BCUT2D eigenvalue weighted by Crippen LogP contribution is -2.47. The van der Waals surface area contributed by atoms with E-state index in [1.807, 2.05) is 6.92 Å². The Balaban J connectivity index is 2.35. The number of benzene rings is 1. The van der Waals surface area contributed by atoms with E-state index in [0.29, 0.717) is 5.56 Å². The lowest BCUT2D eigenvalue weighted by atomic mass is 9.85. The summed E-state index contributed by atoms with van der Waals surface area (Å²) in [7, 11) is 0. The molecule has 2 rings (SSSR count). The number of halogens is 1. The fraction of sp³-hybridized carbons (Fsp3) is 0.500. The number of rotatable bonds is 3. The zero-order valence-corrected chi connectivity index (χ0v) is 10.3. The van der Waals surface area contributed by atoms with E-state index >= 15 is 0 Å². The Morgan fingerprint density at radius 1 is 1.47 bits per heavy atom. The van der Waals surface area contributed by atoms with Crippen molar-refractivity contribution in [1.82, 2.24) is 5.32 Å². The highest BCUT2D eigenvalue weighted by atomic mass is 19.1. The predicted octanol–water partition coefficient (Wildman–Crippen LogP) is 2.85. The standard InChI is InChI=1S/C14H18FNO/c1-3-14(5-4-6-16-14)13(17)11-7-10(2)8-12(15)9-11/h7-9,16H,3-6H2,1-2H3. The third-order valence-corrected chi connectivity index (χ3v) is 3.59. The van der Waals surface area contributed by atoms with Crippen LogP contribution in [0.4, 0.5) is 4.39 Å². The van der Waals surface area contributed by atoms with E-state index in [4.69, 9.17) is 0 Å². The maximum atomic E-state index is 13.3. The quantitative estimate of drug-likeness (QED) is 0.816. The van der Waals surface area contributed by atoms with Crippen molar-refractivity contribution in [3.05, 3.63) is 35.1 Å². The first-order valence-corrected chi connectivity index (χ1v) is 6.14. The highest BCUT2D eigenvalue weighted by Gasteiger charge is 2.39. The molecule has 1 heterocycles. The van der Waals surface area contributed by atoms with Gasteiger partial charge in [-0.15, -0.1) is 0 Å². The van der Waals surface area contributed by atoms with Gasteiger partial charge in [-0.1, -0.05) is 6.92 Å². The van der Waals surface area contributed by atoms with Crippen molar-refractivity contribution in [2.24, 2.45) is 0 Å². The van der Waals surface area contributed by atoms with Crippen molar-refractivity contribution in [3.8, 4) is 0 Å². The second-order valence-electron chi connectivity index (χ2n) is 4.81. The molecule has 0 aromatic heterocycles. The minimum atomic E-state index is -0.472. The number of hydrogen-bond acceptors (Lipinski definition) is 2. The number of Topliss-reactive ketones (excluding diaryl/α,β-unsaturated/α-hetero) is 1. The largest absolute Gasteiger partial charge is 0.305 e. The third kappa shape index (κ3) is 2.25. The number of carbonyl (C=O) groups excluding carboxylic acids is 1. The van der Waals surface area contributed by atoms with Crippen LogP contribution in [0.15, 0.2) is 18.2 Å². The fourth-order valence-electron chi connectivity index (χ4n) is 2.61. The summed E-state index contributed by atoms with van der Waals surface area (Å²) in [6.07, 6.45) is 2.60. The first kappa shape index (κ1) is 12.2. The van der Waals surface area contributed by atoms with Gasteiger partial charge in [0.15, 0.2) is 5.78 Å². The maximum absolute atomic E-state index is 13.3. The smallest absolute Gasteiger partial charge is 0.182 e. The highest BCUT2D eigenvalue weighted by Crippen LogP contribution is 2.27. The van der Waals surface area contributed by atoms with Crippen LogP contribution in [-0.4, -0.2) is 17.9 Å². The average Bonchev–Trinajstić information content (AvgIpc) is 2.76. The molecule has 1 saturated heterocycles. The van der Waals surface area contributed by atoms with E-state index in [1.54, 1.807) is 13.0 Å². The second kappa shape index (κ2) is 4.57. The normalized spacial score (nSPS) is 23.9. The van der Waals surface area contributed by atoms with Crippen molar-refractivity contribution in [1.29, 1.82) is 0 Å². The van der Waals surface area contributed by atoms with Crippen molar-refractivity contribution in [2.45, 2.75) is 38.6 Å². The summed E-state index contributed by atoms with van der Waals surface area (Å²) >= 11 is 0. The molecule has 1 N–H and O–H groups in total. The Hall–Kier alpha value is -1.22. The van der Waals surface area contributed by atoms with Gasteiger partial charge in [0.2, 0.25) is 0 Å². The van der Waals surface area contributed by atoms with E-state index < -0.39 is 5.54 Å². The van der Waals surface area contributed by atoms with Gasteiger partial charge < -0.3 is 5.32 Å². The van der Waals surface area contributed by atoms with E-state index in [9.17, 15) is 9.18 Å². The van der Waals surface area contributed by atoms with Gasteiger partial charge in [-0.25, -0.2) is 4.39 Å². The van der Waals surface area contributed by atoms with Crippen LogP contribution < -0.4 is 5.32 Å². The van der Waals surface area contributed by atoms with E-state index in [1.165, 1.54) is 12.1 Å². The molecule has 1 aromatic carbocycles. The maximum Gasteiger partial charge on any atom is 0.182 e. The van der Waals surface area contributed by atoms with Crippen LogP contribution in [0.5, 0.6) is 0 Å². The highest BCUT2D eigenvalue weighted by molar-refractivity contribution is 6.03. The van der Waals surface area contributed by atoms with Gasteiger partial charge in [0.05, 0.1) is 5.54 Å². The Kier molecular flexibility index (Phi) is 3.29. The Labute approximate surface area is 101 Å². The lowest BCUT2D eigenvalue weighted by molar-refractivity contribution is 0.0863. The molecule has 0 saturated carbocycles. The molecule has 1 aromatic rings. The summed E-state index contributed by atoms with van der Waals surface area (Å²) in [4.78, 5) is 12.5. The summed E-state index contributed by atoms with van der Waals surface area (Å²) in [6.45, 7) is 4.68. The number of carbonyl (C=O) groups is 1. The molecule has 2 nitrogen and oxygen atoms in total. The molecule has 0 spiro atoms. The number of hydrogen-bond donors (Lipinski definition) is 1. The van der Waals surface area contributed by atoms with Gasteiger partial charge in [-0.3, -0.25) is 4.79 Å². The van der Waals surface area contributed by atoms with Crippen LogP contribution in [0.3, 0.4) is 0 Å². The zero-order valence-electron chi connectivity index (χ0n) is 10.3. The predicted molar refractivity (Wildman–Crippen MR) is 65.7 cm³/mol.